The monoisotopic (exact) mass is 228 g/mol. The second kappa shape index (κ2) is 4.65. The minimum absolute atomic E-state index is 0.164. The van der Waals surface area contributed by atoms with Crippen LogP contribution in [0.1, 0.15) is 16.2 Å². The number of nitrogens with zero attached hydrogens (tertiary/aromatic N) is 1. The van der Waals surface area contributed by atoms with Crippen LogP contribution in [0.4, 0.5) is 5.69 Å². The Bertz CT molecular complexity index is 535. The van der Waals surface area contributed by atoms with Gasteiger partial charge in [-0.1, -0.05) is 6.07 Å². The van der Waals surface area contributed by atoms with Crippen molar-refractivity contribution in [2.45, 2.75) is 6.92 Å². The molecule has 0 spiro atoms. The first-order chi connectivity index (χ1) is 8.15. The number of rotatable bonds is 2. The largest absolute Gasteiger partial charge is 0.508 e. The maximum Gasteiger partial charge on any atom is 0.274 e. The number of nitrogens with one attached hydrogen (secondary N) is 1. The van der Waals surface area contributed by atoms with Crippen LogP contribution in [0.3, 0.4) is 0 Å². The quantitative estimate of drug-likeness (QED) is 0.775. The van der Waals surface area contributed by atoms with Crippen molar-refractivity contribution < 1.29 is 9.90 Å². The normalized spacial score (nSPS) is 9.94. The SMILES string of the molecule is Cc1cccc(C(=O)Nc2ccc(O)cc2)n1. The summed E-state index contributed by atoms with van der Waals surface area (Å²) in [6.07, 6.45) is 0. The van der Waals surface area contributed by atoms with E-state index in [1.807, 2.05) is 13.0 Å². The molecule has 2 aromatic rings. The average Bonchev–Trinajstić information content (AvgIpc) is 2.32. The molecule has 1 aromatic heterocycles. The van der Waals surface area contributed by atoms with Crippen LogP contribution in [-0.2, 0) is 0 Å². The lowest BCUT2D eigenvalue weighted by Gasteiger charge is -2.05. The highest BCUT2D eigenvalue weighted by Gasteiger charge is 2.07. The van der Waals surface area contributed by atoms with E-state index in [9.17, 15) is 4.79 Å². The van der Waals surface area contributed by atoms with Crippen molar-refractivity contribution in [1.82, 2.24) is 4.98 Å². The number of carbonyl (C=O) groups is 1. The van der Waals surface area contributed by atoms with E-state index in [0.717, 1.165) is 5.69 Å². The Morgan fingerprint density at radius 3 is 2.53 bits per heavy atom. The molecular formula is C13H12N2O2. The first-order valence-corrected chi connectivity index (χ1v) is 5.19. The van der Waals surface area contributed by atoms with Gasteiger partial charge in [0, 0.05) is 11.4 Å². The Morgan fingerprint density at radius 1 is 1.18 bits per heavy atom. The highest BCUT2D eigenvalue weighted by Crippen LogP contribution is 2.14. The smallest absolute Gasteiger partial charge is 0.274 e. The molecular weight excluding hydrogens is 216 g/mol. The van der Waals surface area contributed by atoms with Gasteiger partial charge in [-0.2, -0.15) is 0 Å². The number of aromatic nitrogens is 1. The van der Waals surface area contributed by atoms with E-state index in [1.165, 1.54) is 12.1 Å². The molecule has 0 aliphatic carbocycles. The first kappa shape index (κ1) is 11.1. The summed E-state index contributed by atoms with van der Waals surface area (Å²) in [5.74, 6) is -0.101. The van der Waals surface area contributed by atoms with Crippen molar-refractivity contribution in [1.29, 1.82) is 0 Å². The maximum absolute atomic E-state index is 11.8. The van der Waals surface area contributed by atoms with E-state index in [2.05, 4.69) is 10.3 Å². The van der Waals surface area contributed by atoms with Gasteiger partial charge in [0.1, 0.15) is 11.4 Å². The summed E-state index contributed by atoms with van der Waals surface area (Å²) in [6.45, 7) is 1.83. The van der Waals surface area contributed by atoms with E-state index >= 15 is 0 Å². The molecule has 0 bridgehead atoms. The number of carbonyl (C=O) groups excluding carboxylic acids is 1. The Kier molecular flexibility index (Phi) is 3.05. The van der Waals surface area contributed by atoms with E-state index in [-0.39, 0.29) is 11.7 Å². The summed E-state index contributed by atoms with van der Waals surface area (Å²) in [6, 6.07) is 11.6. The maximum atomic E-state index is 11.8. The molecule has 0 saturated heterocycles. The fraction of sp³-hybridized carbons (Fsp3) is 0.0769. The summed E-state index contributed by atoms with van der Waals surface area (Å²) in [7, 11) is 0. The fourth-order valence-corrected chi connectivity index (χ4v) is 1.41. The van der Waals surface area contributed by atoms with E-state index in [4.69, 9.17) is 5.11 Å². The molecule has 1 amide bonds. The number of hydrogen-bond donors (Lipinski definition) is 2. The van der Waals surface area contributed by atoms with Gasteiger partial charge in [0.05, 0.1) is 0 Å². The van der Waals surface area contributed by atoms with Crippen molar-refractivity contribution in [3.8, 4) is 5.75 Å². The number of pyridine rings is 1. The highest BCUT2D eigenvalue weighted by molar-refractivity contribution is 6.02. The molecule has 2 rings (SSSR count). The zero-order valence-corrected chi connectivity index (χ0v) is 9.34. The van der Waals surface area contributed by atoms with E-state index in [0.29, 0.717) is 11.4 Å². The highest BCUT2D eigenvalue weighted by atomic mass is 16.3. The molecule has 4 heteroatoms. The van der Waals surface area contributed by atoms with E-state index in [1.54, 1.807) is 24.3 Å². The molecule has 0 unspecified atom stereocenters. The van der Waals surface area contributed by atoms with Gasteiger partial charge in [-0.15, -0.1) is 0 Å². The second-order valence-corrected chi connectivity index (χ2v) is 3.67. The van der Waals surface area contributed by atoms with Crippen LogP contribution >= 0.6 is 0 Å². The number of phenolic OH excluding ortho intramolecular Hbond substituents is 1. The van der Waals surface area contributed by atoms with Crippen molar-refractivity contribution in [2.75, 3.05) is 5.32 Å². The molecule has 0 saturated carbocycles. The van der Waals surface area contributed by atoms with Crippen molar-refractivity contribution in [2.24, 2.45) is 0 Å². The zero-order valence-electron chi connectivity index (χ0n) is 9.34. The van der Waals surface area contributed by atoms with Gasteiger partial charge in [-0.25, -0.2) is 4.98 Å². The Morgan fingerprint density at radius 2 is 1.88 bits per heavy atom. The molecule has 0 aliphatic heterocycles. The summed E-state index contributed by atoms with van der Waals surface area (Å²) < 4.78 is 0. The number of benzene rings is 1. The van der Waals surface area contributed by atoms with Gasteiger partial charge in [0.25, 0.3) is 5.91 Å². The Hall–Kier alpha value is -2.36. The van der Waals surface area contributed by atoms with Gasteiger partial charge in [0.2, 0.25) is 0 Å². The third-order valence-electron chi connectivity index (χ3n) is 2.25. The molecule has 2 N–H and O–H groups in total. The van der Waals surface area contributed by atoms with Gasteiger partial charge >= 0.3 is 0 Å². The lowest BCUT2D eigenvalue weighted by Crippen LogP contribution is -2.13. The molecule has 86 valence electrons. The van der Waals surface area contributed by atoms with Crippen LogP contribution in [0.2, 0.25) is 0 Å². The van der Waals surface area contributed by atoms with Crippen LogP contribution in [0, 0.1) is 6.92 Å². The molecule has 0 aliphatic rings. The third kappa shape index (κ3) is 2.81. The first-order valence-electron chi connectivity index (χ1n) is 5.19. The van der Waals surface area contributed by atoms with Crippen LogP contribution in [0.5, 0.6) is 5.75 Å². The number of phenols is 1. The van der Waals surface area contributed by atoms with E-state index < -0.39 is 0 Å². The second-order valence-electron chi connectivity index (χ2n) is 3.67. The number of anilines is 1. The third-order valence-corrected chi connectivity index (χ3v) is 2.25. The number of amides is 1. The van der Waals surface area contributed by atoms with Gasteiger partial charge in [-0.05, 0) is 43.3 Å². The summed E-state index contributed by atoms with van der Waals surface area (Å²) >= 11 is 0. The van der Waals surface area contributed by atoms with Gasteiger partial charge < -0.3 is 10.4 Å². The van der Waals surface area contributed by atoms with Crippen molar-refractivity contribution >= 4 is 11.6 Å². The zero-order chi connectivity index (χ0) is 12.3. The van der Waals surface area contributed by atoms with Gasteiger partial charge in [0.15, 0.2) is 0 Å². The summed E-state index contributed by atoms with van der Waals surface area (Å²) in [5, 5.41) is 11.8. The molecule has 17 heavy (non-hydrogen) atoms. The minimum atomic E-state index is -0.264. The van der Waals surface area contributed by atoms with Crippen LogP contribution in [-0.4, -0.2) is 16.0 Å². The molecule has 0 fully saturated rings. The lowest BCUT2D eigenvalue weighted by atomic mass is 10.2. The van der Waals surface area contributed by atoms with Crippen LogP contribution in [0.25, 0.3) is 0 Å². The molecule has 4 nitrogen and oxygen atoms in total. The molecule has 1 aromatic carbocycles. The molecule has 1 heterocycles. The minimum Gasteiger partial charge on any atom is -0.508 e. The van der Waals surface area contributed by atoms with Crippen LogP contribution < -0.4 is 5.32 Å². The Labute approximate surface area is 98.9 Å². The number of hydrogen-bond acceptors (Lipinski definition) is 3. The summed E-state index contributed by atoms with van der Waals surface area (Å²) in [4.78, 5) is 15.9. The van der Waals surface area contributed by atoms with Gasteiger partial charge in [-0.3, -0.25) is 4.79 Å². The van der Waals surface area contributed by atoms with Crippen molar-refractivity contribution in [3.05, 3.63) is 53.9 Å². The number of aromatic hydroxyl groups is 1. The Balaban J connectivity index is 2.14. The molecule has 0 atom stereocenters. The molecule has 0 radical (unpaired) electrons. The lowest BCUT2D eigenvalue weighted by molar-refractivity contribution is 0.102. The number of aryl methyl sites for hydroxylation is 1. The fourth-order valence-electron chi connectivity index (χ4n) is 1.41. The van der Waals surface area contributed by atoms with Crippen molar-refractivity contribution in [3.63, 3.8) is 0 Å². The average molecular weight is 228 g/mol. The predicted octanol–water partition coefficient (Wildman–Crippen LogP) is 2.35. The standard InChI is InChI=1S/C13H12N2O2/c1-9-3-2-4-12(14-9)13(17)15-10-5-7-11(16)8-6-10/h2-8,16H,1H3,(H,15,17). The summed E-state index contributed by atoms with van der Waals surface area (Å²) in [5.41, 5.74) is 1.79. The predicted molar refractivity (Wildman–Crippen MR) is 65.0 cm³/mol. The topological polar surface area (TPSA) is 62.2 Å². The van der Waals surface area contributed by atoms with Crippen LogP contribution in [0.15, 0.2) is 42.5 Å².